The zero-order valence-corrected chi connectivity index (χ0v) is 18.7. The fourth-order valence-electron chi connectivity index (χ4n) is 2.55. The molecule has 0 atom stereocenters. The lowest BCUT2D eigenvalue weighted by molar-refractivity contribution is -0.138. The largest absolute Gasteiger partial charge is 0.497 e. The molecular weight excluding hydrogens is 438 g/mol. The molecule has 0 bridgehead atoms. The molecular formula is C22H26ClN3O6. The highest BCUT2D eigenvalue weighted by Crippen LogP contribution is 2.16. The molecule has 0 aliphatic rings. The number of anilines is 1. The topological polar surface area (TPSA) is 106 Å². The van der Waals surface area contributed by atoms with Gasteiger partial charge in [-0.05, 0) is 48.5 Å². The van der Waals surface area contributed by atoms with Gasteiger partial charge in [-0.3, -0.25) is 14.4 Å². The van der Waals surface area contributed by atoms with Gasteiger partial charge in [0.25, 0.3) is 5.91 Å². The molecule has 0 aliphatic heterocycles. The van der Waals surface area contributed by atoms with Gasteiger partial charge in [0.1, 0.15) is 11.5 Å². The number of halogens is 1. The van der Waals surface area contributed by atoms with Crippen LogP contribution in [-0.2, 0) is 19.1 Å². The Morgan fingerprint density at radius 2 is 1.59 bits per heavy atom. The minimum atomic E-state index is -0.481. The predicted molar refractivity (Wildman–Crippen MR) is 120 cm³/mol. The minimum absolute atomic E-state index is 0.199. The predicted octanol–water partition coefficient (Wildman–Crippen LogP) is 1.96. The highest BCUT2D eigenvalue weighted by molar-refractivity contribution is 6.30. The van der Waals surface area contributed by atoms with E-state index < -0.39 is 17.7 Å². The Morgan fingerprint density at radius 3 is 2.22 bits per heavy atom. The third kappa shape index (κ3) is 8.83. The van der Waals surface area contributed by atoms with E-state index >= 15 is 0 Å². The molecule has 2 N–H and O–H groups in total. The average Bonchev–Trinajstić information content (AvgIpc) is 2.80. The molecule has 3 amide bonds. The van der Waals surface area contributed by atoms with Gasteiger partial charge < -0.3 is 29.7 Å². The zero-order chi connectivity index (χ0) is 23.3. The van der Waals surface area contributed by atoms with E-state index in [0.29, 0.717) is 22.2 Å². The molecule has 9 nitrogen and oxygen atoms in total. The highest BCUT2D eigenvalue weighted by Gasteiger charge is 2.18. The quantitative estimate of drug-likeness (QED) is 0.498. The number of carbonyl (C=O) groups excluding carboxylic acids is 3. The summed E-state index contributed by atoms with van der Waals surface area (Å²) in [6.45, 7) is -0.278. The van der Waals surface area contributed by atoms with Crippen LogP contribution in [0.3, 0.4) is 0 Å². The number of nitrogens with zero attached hydrogens (tertiary/aromatic N) is 1. The van der Waals surface area contributed by atoms with E-state index in [-0.39, 0.29) is 32.8 Å². The molecule has 10 heteroatoms. The Morgan fingerprint density at radius 1 is 0.938 bits per heavy atom. The number of amides is 3. The van der Waals surface area contributed by atoms with Crippen LogP contribution in [0.1, 0.15) is 0 Å². The van der Waals surface area contributed by atoms with Crippen molar-refractivity contribution in [1.82, 2.24) is 10.2 Å². The zero-order valence-electron chi connectivity index (χ0n) is 17.9. The average molecular weight is 464 g/mol. The molecule has 0 saturated carbocycles. The normalized spacial score (nSPS) is 10.2. The van der Waals surface area contributed by atoms with Crippen molar-refractivity contribution >= 4 is 35.0 Å². The third-order valence-corrected chi connectivity index (χ3v) is 4.50. The number of carbonyl (C=O) groups is 3. The molecule has 32 heavy (non-hydrogen) atoms. The van der Waals surface area contributed by atoms with Crippen LogP contribution < -0.4 is 20.1 Å². The second kappa shape index (κ2) is 13.2. The Bertz CT molecular complexity index is 890. The molecule has 0 spiro atoms. The number of rotatable bonds is 12. The van der Waals surface area contributed by atoms with E-state index in [1.54, 1.807) is 55.6 Å². The first-order valence-corrected chi connectivity index (χ1v) is 10.1. The Hall–Kier alpha value is -3.30. The van der Waals surface area contributed by atoms with E-state index in [4.69, 9.17) is 25.8 Å². The van der Waals surface area contributed by atoms with Crippen LogP contribution in [0.4, 0.5) is 5.69 Å². The summed E-state index contributed by atoms with van der Waals surface area (Å²) in [5, 5.41) is 5.72. The first-order chi connectivity index (χ1) is 15.4. The first kappa shape index (κ1) is 25.0. The first-order valence-electron chi connectivity index (χ1n) is 9.77. The molecule has 2 rings (SSSR count). The summed E-state index contributed by atoms with van der Waals surface area (Å²) in [5.41, 5.74) is 0.571. The molecule has 0 saturated heterocycles. The number of hydrogen-bond acceptors (Lipinski definition) is 6. The number of nitrogens with one attached hydrogen (secondary N) is 2. The summed E-state index contributed by atoms with van der Waals surface area (Å²) in [4.78, 5) is 38.1. The molecule has 0 fully saturated rings. The van der Waals surface area contributed by atoms with E-state index in [0.717, 1.165) is 0 Å². The lowest BCUT2D eigenvalue weighted by Gasteiger charge is -2.22. The van der Waals surface area contributed by atoms with Gasteiger partial charge >= 0.3 is 0 Å². The van der Waals surface area contributed by atoms with Gasteiger partial charge in [-0.25, -0.2) is 0 Å². The maximum atomic E-state index is 12.5. The van der Waals surface area contributed by atoms with Crippen LogP contribution in [-0.4, -0.2) is 69.7 Å². The van der Waals surface area contributed by atoms with Gasteiger partial charge in [0.05, 0.1) is 26.8 Å². The molecule has 0 heterocycles. The second-order valence-electron chi connectivity index (χ2n) is 6.60. The molecule has 2 aromatic rings. The third-order valence-electron chi connectivity index (χ3n) is 4.25. The molecule has 0 aromatic heterocycles. The van der Waals surface area contributed by atoms with Gasteiger partial charge in [0, 0.05) is 24.4 Å². The SMILES string of the molecule is COCCN(CC(=O)NCC(=O)Nc1ccc(OC)cc1)C(=O)COc1ccc(Cl)cc1. The summed E-state index contributed by atoms with van der Waals surface area (Å²) < 4.78 is 15.5. The maximum absolute atomic E-state index is 12.5. The van der Waals surface area contributed by atoms with E-state index in [1.807, 2.05) is 0 Å². The summed E-state index contributed by atoms with van der Waals surface area (Å²) in [7, 11) is 3.05. The van der Waals surface area contributed by atoms with Crippen molar-refractivity contribution in [3.63, 3.8) is 0 Å². The van der Waals surface area contributed by atoms with Gasteiger partial charge in [-0.2, -0.15) is 0 Å². The van der Waals surface area contributed by atoms with Crippen molar-refractivity contribution in [3.05, 3.63) is 53.6 Å². The Kier molecular flexibility index (Phi) is 10.3. The second-order valence-corrected chi connectivity index (χ2v) is 7.04. The number of methoxy groups -OCH3 is 2. The maximum Gasteiger partial charge on any atom is 0.261 e. The van der Waals surface area contributed by atoms with E-state index in [2.05, 4.69) is 10.6 Å². The van der Waals surface area contributed by atoms with E-state index in [1.165, 1.54) is 12.0 Å². The fourth-order valence-corrected chi connectivity index (χ4v) is 2.67. The Balaban J connectivity index is 1.81. The van der Waals surface area contributed by atoms with Crippen LogP contribution in [0.2, 0.25) is 5.02 Å². The molecule has 0 aliphatic carbocycles. The molecule has 172 valence electrons. The highest BCUT2D eigenvalue weighted by atomic mass is 35.5. The fraction of sp³-hybridized carbons (Fsp3) is 0.318. The lowest BCUT2D eigenvalue weighted by atomic mass is 10.3. The number of benzene rings is 2. The van der Waals surface area contributed by atoms with Crippen LogP contribution >= 0.6 is 11.6 Å². The smallest absolute Gasteiger partial charge is 0.261 e. The Labute approximate surface area is 191 Å². The summed E-state index contributed by atoms with van der Waals surface area (Å²) in [5.74, 6) is -0.128. The lowest BCUT2D eigenvalue weighted by Crippen LogP contribution is -2.45. The number of hydrogen-bond donors (Lipinski definition) is 2. The standard InChI is InChI=1S/C22H26ClN3O6/c1-30-12-11-26(22(29)15-32-19-7-3-16(23)4-8-19)14-21(28)24-13-20(27)25-17-5-9-18(31-2)10-6-17/h3-10H,11-15H2,1-2H3,(H,24,28)(H,25,27). The van der Waals surface area contributed by atoms with Crippen molar-refractivity contribution in [2.45, 2.75) is 0 Å². The van der Waals surface area contributed by atoms with Crippen LogP contribution in [0.25, 0.3) is 0 Å². The van der Waals surface area contributed by atoms with Crippen molar-refractivity contribution in [2.75, 3.05) is 52.4 Å². The van der Waals surface area contributed by atoms with E-state index in [9.17, 15) is 14.4 Å². The van der Waals surface area contributed by atoms with Gasteiger partial charge in [0.2, 0.25) is 11.8 Å². The van der Waals surface area contributed by atoms with Crippen LogP contribution in [0.15, 0.2) is 48.5 Å². The summed E-state index contributed by atoms with van der Waals surface area (Å²) >= 11 is 5.83. The van der Waals surface area contributed by atoms with Gasteiger partial charge in [-0.1, -0.05) is 11.6 Å². The van der Waals surface area contributed by atoms with Crippen molar-refractivity contribution in [2.24, 2.45) is 0 Å². The monoisotopic (exact) mass is 463 g/mol. The van der Waals surface area contributed by atoms with Crippen LogP contribution in [0.5, 0.6) is 11.5 Å². The minimum Gasteiger partial charge on any atom is -0.497 e. The van der Waals surface area contributed by atoms with Gasteiger partial charge in [0.15, 0.2) is 6.61 Å². The summed E-state index contributed by atoms with van der Waals surface area (Å²) in [6, 6.07) is 13.4. The number of ether oxygens (including phenoxy) is 3. The van der Waals surface area contributed by atoms with Gasteiger partial charge in [-0.15, -0.1) is 0 Å². The molecule has 2 aromatic carbocycles. The summed E-state index contributed by atoms with van der Waals surface area (Å²) in [6.07, 6.45) is 0. The van der Waals surface area contributed by atoms with Crippen LogP contribution in [0, 0.1) is 0 Å². The molecule has 0 unspecified atom stereocenters. The van der Waals surface area contributed by atoms with Crippen molar-refractivity contribution in [1.29, 1.82) is 0 Å². The van der Waals surface area contributed by atoms with Crippen molar-refractivity contribution in [3.8, 4) is 11.5 Å². The molecule has 0 radical (unpaired) electrons. The van der Waals surface area contributed by atoms with Crippen molar-refractivity contribution < 1.29 is 28.6 Å².